The van der Waals surface area contributed by atoms with Crippen molar-refractivity contribution < 1.29 is 52.3 Å². The van der Waals surface area contributed by atoms with Gasteiger partial charge in [0.15, 0.2) is 12.1 Å². The van der Waals surface area contributed by atoms with Crippen LogP contribution in [0.15, 0.2) is 51.8 Å². The second kappa shape index (κ2) is 13.3. The lowest BCUT2D eigenvalue weighted by molar-refractivity contribution is -0.277. The molecule has 1 saturated carbocycles. The van der Waals surface area contributed by atoms with E-state index in [0.29, 0.717) is 12.0 Å². The zero-order valence-electron chi connectivity index (χ0n) is 22.7. The number of ketones is 2. The zero-order chi connectivity index (χ0) is 31.4. The molecule has 0 spiro atoms. The number of hydrogen-bond acceptors (Lipinski definition) is 10. The summed E-state index contributed by atoms with van der Waals surface area (Å²) in [6.07, 6.45) is -6.69. The monoisotopic (exact) mass is 609 g/mol. The predicted molar refractivity (Wildman–Crippen MR) is 139 cm³/mol. The maximum Gasteiger partial charge on any atom is 0.442 e. The first-order valence-corrected chi connectivity index (χ1v) is 13.6. The number of benzene rings is 1. The molecule has 1 aromatic rings. The van der Waals surface area contributed by atoms with E-state index >= 15 is 0 Å². The van der Waals surface area contributed by atoms with E-state index in [1.54, 1.807) is 0 Å². The molecule has 7 atom stereocenters. The summed E-state index contributed by atoms with van der Waals surface area (Å²) in [7, 11) is 0. The van der Waals surface area contributed by atoms with Crippen LogP contribution in [0.5, 0.6) is 0 Å². The van der Waals surface area contributed by atoms with Crippen molar-refractivity contribution in [1.29, 1.82) is 0 Å². The van der Waals surface area contributed by atoms with Gasteiger partial charge in [0.25, 0.3) is 0 Å². The van der Waals surface area contributed by atoms with Crippen molar-refractivity contribution in [3.05, 3.63) is 58.0 Å². The largest absolute Gasteiger partial charge is 0.481 e. The topological polar surface area (TPSA) is 204 Å². The van der Waals surface area contributed by atoms with Crippen LogP contribution in [0.3, 0.4) is 0 Å². The number of aliphatic hydroxyl groups excluding tert-OH is 2. The highest BCUT2D eigenvalue weighted by molar-refractivity contribution is 6.09. The zero-order valence-corrected chi connectivity index (χ0v) is 22.7. The number of rotatable bonds is 13. The molecular weight excluding hydrogens is 579 g/mol. The molecule has 3 N–H and O–H groups in total. The standard InChI is InChI=1S/C27H30F3N5O8/c28-27(29,30)26(33-34-26)16-7-4-14(5-8-16)11-17-23(40)24(41)20(13-32-35-31)43-25(17)42-10-2-1-3-18(36)22-15(12-21(38)39)6-9-19(22)37/h1,3-5,7-8,15,17,20,22-25,40-41H,2,6,9-13H2,(H,38,39)/b3-1-/t15-,17-,20-,22+,23-,24+,25-/m0/s1. The minimum Gasteiger partial charge on any atom is -0.481 e. The van der Waals surface area contributed by atoms with Crippen LogP contribution in [0.25, 0.3) is 10.4 Å². The Kier molecular flexibility index (Phi) is 9.97. The molecule has 2 heterocycles. The molecule has 1 aliphatic carbocycles. The number of ether oxygens (including phenoxy) is 2. The number of carboxylic acid groups (broad SMARTS) is 1. The molecular formula is C27H30F3N5O8. The lowest BCUT2D eigenvalue weighted by Gasteiger charge is -2.42. The Balaban J connectivity index is 1.40. The number of Topliss-reactive ketones (excluding diaryl/α,β-unsaturated/α-hetero) is 1. The third kappa shape index (κ3) is 7.28. The molecule has 4 rings (SSSR count). The van der Waals surface area contributed by atoms with E-state index in [1.165, 1.54) is 36.4 Å². The third-order valence-electron chi connectivity index (χ3n) is 7.85. The number of nitrogens with zero attached hydrogens (tertiary/aromatic N) is 5. The third-order valence-corrected chi connectivity index (χ3v) is 7.85. The SMILES string of the molecule is [N-]=[N+]=NC[C@@H]1O[C@H](OCC/C=C\C(=O)[C@@H]2C(=O)CC[C@H]2CC(=O)O)[C@@H](Cc2ccc(C3(C(F)(F)F)N=N3)cc2)[C@H](O)[C@@H]1O. The van der Waals surface area contributed by atoms with Gasteiger partial charge in [0.2, 0.25) is 0 Å². The summed E-state index contributed by atoms with van der Waals surface area (Å²) in [5.74, 6) is -4.31. The number of hydrogen-bond donors (Lipinski definition) is 3. The van der Waals surface area contributed by atoms with Crippen LogP contribution in [-0.2, 0) is 35.9 Å². The Morgan fingerprint density at radius 3 is 2.51 bits per heavy atom. The molecule has 13 nitrogen and oxygen atoms in total. The van der Waals surface area contributed by atoms with Crippen molar-refractivity contribution >= 4 is 17.5 Å². The number of halogens is 3. The number of allylic oxidation sites excluding steroid dienone is 1. The Morgan fingerprint density at radius 1 is 1.21 bits per heavy atom. The first-order valence-electron chi connectivity index (χ1n) is 13.6. The van der Waals surface area contributed by atoms with Gasteiger partial charge in [-0.15, -0.1) is 10.2 Å². The van der Waals surface area contributed by atoms with Crippen molar-refractivity contribution in [2.45, 2.75) is 68.5 Å². The van der Waals surface area contributed by atoms with Crippen LogP contribution >= 0.6 is 0 Å². The summed E-state index contributed by atoms with van der Waals surface area (Å²) in [5.41, 5.74) is 6.42. The van der Waals surface area contributed by atoms with E-state index < -0.39 is 65.9 Å². The van der Waals surface area contributed by atoms with Crippen LogP contribution in [0.1, 0.15) is 36.8 Å². The second-order valence-electron chi connectivity index (χ2n) is 10.7. The summed E-state index contributed by atoms with van der Waals surface area (Å²) < 4.78 is 51.6. The van der Waals surface area contributed by atoms with E-state index in [0.717, 1.165) is 0 Å². The molecule has 0 radical (unpaired) electrons. The van der Waals surface area contributed by atoms with E-state index in [4.69, 9.17) is 20.1 Å². The van der Waals surface area contributed by atoms with E-state index in [9.17, 15) is 37.8 Å². The summed E-state index contributed by atoms with van der Waals surface area (Å²) in [5, 5.41) is 40.2. The second-order valence-corrected chi connectivity index (χ2v) is 10.7. The van der Waals surface area contributed by atoms with Gasteiger partial charge in [-0.2, -0.15) is 13.2 Å². The van der Waals surface area contributed by atoms with Crippen molar-refractivity contribution in [2.24, 2.45) is 33.1 Å². The normalized spacial score (nSPS) is 29.9. The van der Waals surface area contributed by atoms with Crippen molar-refractivity contribution in [3.8, 4) is 0 Å². The van der Waals surface area contributed by atoms with E-state index in [1.807, 2.05) is 0 Å². The molecule has 3 aliphatic rings. The molecule has 0 amide bonds. The summed E-state index contributed by atoms with van der Waals surface area (Å²) in [6.45, 7) is -0.334. The van der Waals surface area contributed by atoms with Gasteiger partial charge in [-0.05, 0) is 42.4 Å². The molecule has 16 heteroatoms. The molecule has 2 fully saturated rings. The summed E-state index contributed by atoms with van der Waals surface area (Å²) in [4.78, 5) is 38.4. The maximum atomic E-state index is 13.3. The highest BCUT2D eigenvalue weighted by Gasteiger charge is 2.65. The predicted octanol–water partition coefficient (Wildman–Crippen LogP) is 3.39. The van der Waals surface area contributed by atoms with Crippen LogP contribution in [0.4, 0.5) is 13.2 Å². The van der Waals surface area contributed by atoms with Gasteiger partial charge >= 0.3 is 17.8 Å². The Hall–Kier alpha value is -3.69. The fourth-order valence-corrected chi connectivity index (χ4v) is 5.53. The minimum atomic E-state index is -4.68. The molecule has 0 aromatic heterocycles. The van der Waals surface area contributed by atoms with Crippen LogP contribution < -0.4 is 0 Å². The molecule has 232 valence electrons. The van der Waals surface area contributed by atoms with Gasteiger partial charge in [-0.25, -0.2) is 0 Å². The van der Waals surface area contributed by atoms with Crippen LogP contribution in [-0.4, -0.2) is 76.8 Å². The van der Waals surface area contributed by atoms with E-state index in [2.05, 4.69) is 20.3 Å². The highest BCUT2D eigenvalue weighted by Crippen LogP contribution is 2.52. The Morgan fingerprint density at radius 2 is 1.91 bits per heavy atom. The number of alkyl halides is 3. The molecule has 0 unspecified atom stereocenters. The number of carboxylic acids is 1. The van der Waals surface area contributed by atoms with Crippen molar-refractivity contribution in [1.82, 2.24) is 0 Å². The average Bonchev–Trinajstić information content (AvgIpc) is 3.70. The number of aliphatic carboxylic acids is 1. The molecule has 1 aromatic carbocycles. The van der Waals surface area contributed by atoms with E-state index in [-0.39, 0.29) is 50.2 Å². The van der Waals surface area contributed by atoms with Gasteiger partial charge in [0, 0.05) is 29.2 Å². The van der Waals surface area contributed by atoms with Crippen LogP contribution in [0.2, 0.25) is 0 Å². The highest BCUT2D eigenvalue weighted by atomic mass is 19.4. The minimum absolute atomic E-state index is 0.0325. The van der Waals surface area contributed by atoms with Crippen molar-refractivity contribution in [2.75, 3.05) is 13.2 Å². The van der Waals surface area contributed by atoms with Gasteiger partial charge < -0.3 is 24.8 Å². The summed E-state index contributed by atoms with van der Waals surface area (Å²) >= 11 is 0. The Bertz CT molecular complexity index is 1310. The van der Waals surface area contributed by atoms with Crippen LogP contribution in [0, 0.1) is 17.8 Å². The first-order chi connectivity index (χ1) is 20.4. The average molecular weight is 610 g/mol. The maximum absolute atomic E-state index is 13.3. The molecule has 1 saturated heterocycles. The molecule has 2 aliphatic heterocycles. The smallest absolute Gasteiger partial charge is 0.442 e. The lowest BCUT2D eigenvalue weighted by Crippen LogP contribution is -2.56. The van der Waals surface area contributed by atoms with Gasteiger partial charge in [0.05, 0.1) is 31.3 Å². The molecule has 43 heavy (non-hydrogen) atoms. The lowest BCUT2D eigenvalue weighted by atomic mass is 9.85. The number of aliphatic hydroxyl groups is 2. The number of carbonyl (C=O) groups excluding carboxylic acids is 2. The number of azide groups is 1. The van der Waals surface area contributed by atoms with Gasteiger partial charge in [-0.3, -0.25) is 14.4 Å². The van der Waals surface area contributed by atoms with Gasteiger partial charge in [-0.1, -0.05) is 35.5 Å². The molecule has 0 bridgehead atoms. The van der Waals surface area contributed by atoms with Gasteiger partial charge in [0.1, 0.15) is 11.9 Å². The fourth-order valence-electron chi connectivity index (χ4n) is 5.53. The Labute approximate surface area is 243 Å². The fraction of sp³-hybridized carbons (Fsp3) is 0.593. The van der Waals surface area contributed by atoms with Crippen molar-refractivity contribution in [3.63, 3.8) is 0 Å². The first kappa shape index (κ1) is 32.2. The summed E-state index contributed by atoms with van der Waals surface area (Å²) in [6, 6.07) is 5.30. The quantitative estimate of drug-likeness (QED) is 0.0753. The number of carbonyl (C=O) groups is 3.